The van der Waals surface area contributed by atoms with Crippen LogP contribution >= 0.6 is 0 Å². The third-order valence-corrected chi connectivity index (χ3v) is 12.6. The van der Waals surface area contributed by atoms with Crippen molar-refractivity contribution in [1.29, 1.82) is 0 Å². The molecule has 6 atom stereocenters. The van der Waals surface area contributed by atoms with Crippen molar-refractivity contribution in [2.24, 2.45) is 34.5 Å². The minimum absolute atomic E-state index is 0.0525. The number of rotatable bonds is 15. The highest BCUT2D eigenvalue weighted by Gasteiger charge is 2.69. The molecule has 5 amide bonds. The fraction of sp³-hybridized carbons (Fsp3) is 0.800. The van der Waals surface area contributed by atoms with Gasteiger partial charge in [0.05, 0.1) is 12.3 Å². The molecular formula is C35H58N6O7S. The SMILES string of the molecule is C=CCNC(=O)C(=O)C(CC1CC1)NC(=O)[C@@H]1[C@@H]2[C@H](CN1C(=O)[C@@H](NC(=O)N[C@H](CN(C)S(C)(=O)=O)C(C)(C)C)C1CCCCC1)C2(C)C. The molecule has 14 heteroatoms. The maximum absolute atomic E-state index is 14.6. The van der Waals surface area contributed by atoms with E-state index in [1.54, 1.807) is 4.90 Å². The van der Waals surface area contributed by atoms with Crippen LogP contribution in [0.4, 0.5) is 4.79 Å². The molecule has 0 bridgehead atoms. The first kappa shape index (κ1) is 38.8. The molecule has 0 aromatic carbocycles. The molecule has 276 valence electrons. The van der Waals surface area contributed by atoms with Gasteiger partial charge in [-0.3, -0.25) is 19.2 Å². The first-order valence-electron chi connectivity index (χ1n) is 17.8. The van der Waals surface area contributed by atoms with Crippen LogP contribution in [0.1, 0.15) is 86.0 Å². The molecule has 3 saturated carbocycles. The lowest BCUT2D eigenvalue weighted by Crippen LogP contribution is -2.61. The average molecular weight is 707 g/mol. The first-order chi connectivity index (χ1) is 22.8. The number of ketones is 1. The summed E-state index contributed by atoms with van der Waals surface area (Å²) in [6.07, 6.45) is 9.18. The molecular weight excluding hydrogens is 648 g/mol. The second kappa shape index (κ2) is 15.1. The van der Waals surface area contributed by atoms with Crippen molar-refractivity contribution < 1.29 is 32.4 Å². The van der Waals surface area contributed by atoms with E-state index in [2.05, 4.69) is 41.7 Å². The molecule has 0 radical (unpaired) electrons. The third kappa shape index (κ3) is 9.42. The van der Waals surface area contributed by atoms with E-state index in [0.29, 0.717) is 13.0 Å². The van der Waals surface area contributed by atoms with E-state index in [4.69, 9.17) is 0 Å². The fourth-order valence-corrected chi connectivity index (χ4v) is 8.12. The number of hydrogen-bond donors (Lipinski definition) is 4. The number of likely N-dealkylation sites (N-methyl/N-ethyl adjacent to an activating group) is 1. The Bertz CT molecular complexity index is 1400. The topological polar surface area (TPSA) is 174 Å². The van der Waals surface area contributed by atoms with Crippen molar-refractivity contribution in [2.45, 2.75) is 110 Å². The molecule has 1 saturated heterocycles. The van der Waals surface area contributed by atoms with Gasteiger partial charge in [-0.1, -0.05) is 72.8 Å². The summed E-state index contributed by atoms with van der Waals surface area (Å²) in [5, 5.41) is 11.3. The maximum atomic E-state index is 14.6. The molecule has 3 aliphatic carbocycles. The Balaban J connectivity index is 1.56. The number of Topliss-reactive ketones (excluding diaryl/α,β-unsaturated/α-hetero) is 1. The Kier molecular flexibility index (Phi) is 11.9. The van der Waals surface area contributed by atoms with Crippen LogP contribution in [0, 0.1) is 34.5 Å². The van der Waals surface area contributed by atoms with Crippen molar-refractivity contribution in [3.05, 3.63) is 12.7 Å². The van der Waals surface area contributed by atoms with E-state index < -0.39 is 63.2 Å². The van der Waals surface area contributed by atoms with Gasteiger partial charge in [-0.05, 0) is 53.8 Å². The van der Waals surface area contributed by atoms with E-state index in [-0.39, 0.29) is 48.1 Å². The zero-order valence-corrected chi connectivity index (χ0v) is 31.2. The lowest BCUT2D eigenvalue weighted by molar-refractivity contribution is -0.144. The highest BCUT2D eigenvalue weighted by molar-refractivity contribution is 7.88. The summed E-state index contributed by atoms with van der Waals surface area (Å²) in [6.45, 7) is 14.0. The second-order valence-electron chi connectivity index (χ2n) is 16.4. The lowest BCUT2D eigenvalue weighted by atomic mass is 9.83. The normalized spacial score (nSPS) is 25.4. The van der Waals surface area contributed by atoms with Gasteiger partial charge < -0.3 is 26.2 Å². The van der Waals surface area contributed by atoms with Crippen LogP contribution in [0.3, 0.4) is 0 Å². The highest BCUT2D eigenvalue weighted by Crippen LogP contribution is 2.65. The molecule has 4 rings (SSSR count). The van der Waals surface area contributed by atoms with E-state index >= 15 is 0 Å². The van der Waals surface area contributed by atoms with Crippen molar-refractivity contribution in [3.8, 4) is 0 Å². The van der Waals surface area contributed by atoms with E-state index in [1.165, 1.54) is 17.4 Å². The lowest BCUT2D eigenvalue weighted by Gasteiger charge is -2.38. The highest BCUT2D eigenvalue weighted by atomic mass is 32.2. The molecule has 0 spiro atoms. The molecule has 1 unspecified atom stereocenters. The molecule has 4 fully saturated rings. The summed E-state index contributed by atoms with van der Waals surface area (Å²) in [4.78, 5) is 69.7. The van der Waals surface area contributed by atoms with E-state index in [9.17, 15) is 32.4 Å². The number of likely N-dealkylation sites (tertiary alicyclic amines) is 1. The molecule has 0 aromatic heterocycles. The summed E-state index contributed by atoms with van der Waals surface area (Å²) < 4.78 is 25.5. The largest absolute Gasteiger partial charge is 0.346 e. The number of carbonyl (C=O) groups is 5. The standard InChI is InChI=1S/C35H58N6O7S/c1-9-17-36-31(44)29(42)24(18-21-15-16-21)37-30(43)28-26-23(35(26,5)6)19-41(28)32(45)27(22-13-11-10-12-14-22)39-33(46)38-25(34(2,3)4)20-40(7)49(8,47)48/h9,21-28H,1,10-20H2,2-8H3,(H,36,44)(H,37,43)(H2,38,39,46)/t23-,24?,25+,26-,27-,28-/m0/s1. The molecule has 4 N–H and O–H groups in total. The Hall–Kier alpha value is -3.00. The van der Waals surface area contributed by atoms with Gasteiger partial charge in [-0.15, -0.1) is 6.58 Å². The number of amides is 5. The molecule has 13 nitrogen and oxygen atoms in total. The van der Waals surface area contributed by atoms with E-state index in [1.807, 2.05) is 20.8 Å². The second-order valence-corrected chi connectivity index (χ2v) is 18.5. The van der Waals surface area contributed by atoms with Crippen molar-refractivity contribution >= 4 is 39.6 Å². The zero-order chi connectivity index (χ0) is 36.5. The summed E-state index contributed by atoms with van der Waals surface area (Å²) in [5.41, 5.74) is -0.685. The van der Waals surface area contributed by atoms with E-state index in [0.717, 1.165) is 51.2 Å². The van der Waals surface area contributed by atoms with Gasteiger partial charge in [0.15, 0.2) is 0 Å². The maximum Gasteiger partial charge on any atom is 0.315 e. The van der Waals surface area contributed by atoms with Gasteiger partial charge >= 0.3 is 6.03 Å². The van der Waals surface area contributed by atoms with Gasteiger partial charge in [-0.2, -0.15) is 0 Å². The number of urea groups is 1. The van der Waals surface area contributed by atoms with Crippen LogP contribution in [0.15, 0.2) is 12.7 Å². The van der Waals surface area contributed by atoms with Gasteiger partial charge in [0.25, 0.3) is 5.91 Å². The van der Waals surface area contributed by atoms with Crippen LogP contribution in [0.2, 0.25) is 0 Å². The van der Waals surface area contributed by atoms with Crippen molar-refractivity contribution in [2.75, 3.05) is 32.9 Å². The fourth-order valence-electron chi connectivity index (χ4n) is 7.70. The molecule has 0 aromatic rings. The first-order valence-corrected chi connectivity index (χ1v) is 19.6. The Morgan fingerprint density at radius 3 is 2.18 bits per heavy atom. The average Bonchev–Trinajstić information content (AvgIpc) is 3.88. The number of piperidine rings is 1. The Morgan fingerprint density at radius 1 is 1.00 bits per heavy atom. The quantitative estimate of drug-likeness (QED) is 0.149. The predicted molar refractivity (Wildman–Crippen MR) is 186 cm³/mol. The van der Waals surface area contributed by atoms with Crippen LogP contribution in [0.5, 0.6) is 0 Å². The summed E-state index contributed by atoms with van der Waals surface area (Å²) in [6, 6.07) is -3.87. The van der Waals surface area contributed by atoms with Crippen LogP contribution in [-0.4, -0.2) is 104 Å². The molecule has 49 heavy (non-hydrogen) atoms. The Morgan fingerprint density at radius 2 is 1.63 bits per heavy atom. The zero-order valence-electron chi connectivity index (χ0n) is 30.3. The third-order valence-electron chi connectivity index (χ3n) is 11.3. The van der Waals surface area contributed by atoms with Gasteiger partial charge in [-0.25, -0.2) is 17.5 Å². The number of nitrogens with zero attached hydrogens (tertiary/aromatic N) is 2. The predicted octanol–water partition coefficient (Wildman–Crippen LogP) is 2.18. The Labute approximate surface area is 292 Å². The van der Waals surface area contributed by atoms with Gasteiger partial charge in [0, 0.05) is 32.7 Å². The summed E-state index contributed by atoms with van der Waals surface area (Å²) in [5.74, 6) is -2.20. The van der Waals surface area contributed by atoms with Crippen molar-refractivity contribution in [1.82, 2.24) is 30.5 Å². The smallest absolute Gasteiger partial charge is 0.315 e. The monoisotopic (exact) mass is 706 g/mol. The van der Waals surface area contributed by atoms with Crippen LogP contribution in [-0.2, 0) is 29.2 Å². The number of nitrogens with one attached hydrogen (secondary N) is 4. The molecule has 1 heterocycles. The molecule has 1 aliphatic heterocycles. The number of sulfonamides is 1. The van der Waals surface area contributed by atoms with Crippen LogP contribution < -0.4 is 21.3 Å². The number of carbonyl (C=O) groups excluding carboxylic acids is 5. The molecule has 4 aliphatic rings. The summed E-state index contributed by atoms with van der Waals surface area (Å²) in [7, 11) is -2.03. The van der Waals surface area contributed by atoms with Crippen LogP contribution in [0.25, 0.3) is 0 Å². The van der Waals surface area contributed by atoms with Gasteiger partial charge in [0.1, 0.15) is 12.1 Å². The number of hydrogen-bond acceptors (Lipinski definition) is 7. The summed E-state index contributed by atoms with van der Waals surface area (Å²) >= 11 is 0. The minimum Gasteiger partial charge on any atom is -0.346 e. The van der Waals surface area contributed by atoms with Crippen molar-refractivity contribution in [3.63, 3.8) is 0 Å². The minimum atomic E-state index is -3.49. The van der Waals surface area contributed by atoms with Gasteiger partial charge in [0.2, 0.25) is 27.6 Å². The number of fused-ring (bicyclic) bond motifs is 1.